The monoisotopic (exact) mass is 368 g/mol. The van der Waals surface area contributed by atoms with Crippen LogP contribution in [0.2, 0.25) is 0 Å². The predicted molar refractivity (Wildman–Crippen MR) is 106 cm³/mol. The third kappa shape index (κ3) is 7.13. The third-order valence-corrected chi connectivity index (χ3v) is 3.95. The topological polar surface area (TPSA) is 67.4 Å². The standard InChI is InChI=1S/C22H28N2O3/c1-16(18-13-9-6-10-14-18)23-20(25)19(15-17-11-7-5-8-12-17)24-21(26)27-22(2,3)4/h5-14,16,19H,15H2,1-4H3,(H,23,25)(H,24,26)/t16?,19-/m0/s1. The van der Waals surface area contributed by atoms with Gasteiger partial charge in [0.2, 0.25) is 5.91 Å². The first-order chi connectivity index (χ1) is 12.7. The van der Waals surface area contributed by atoms with Crippen LogP contribution in [0.25, 0.3) is 0 Å². The Morgan fingerprint density at radius 2 is 1.48 bits per heavy atom. The number of hydrogen-bond acceptors (Lipinski definition) is 3. The molecule has 2 atom stereocenters. The van der Waals surface area contributed by atoms with Crippen LogP contribution in [-0.2, 0) is 16.0 Å². The van der Waals surface area contributed by atoms with Gasteiger partial charge in [0, 0.05) is 6.42 Å². The highest BCUT2D eigenvalue weighted by atomic mass is 16.6. The maximum absolute atomic E-state index is 12.9. The molecule has 27 heavy (non-hydrogen) atoms. The van der Waals surface area contributed by atoms with Gasteiger partial charge in [0.25, 0.3) is 0 Å². The summed E-state index contributed by atoms with van der Waals surface area (Å²) in [6, 6.07) is 18.4. The number of amides is 2. The van der Waals surface area contributed by atoms with Crippen molar-refractivity contribution >= 4 is 12.0 Å². The molecule has 0 fully saturated rings. The molecule has 0 aliphatic rings. The average molecular weight is 368 g/mol. The van der Waals surface area contributed by atoms with Gasteiger partial charge in [-0.2, -0.15) is 0 Å². The van der Waals surface area contributed by atoms with E-state index in [-0.39, 0.29) is 11.9 Å². The zero-order valence-corrected chi connectivity index (χ0v) is 16.4. The molecule has 0 aliphatic carbocycles. The van der Waals surface area contributed by atoms with Crippen LogP contribution in [0.1, 0.15) is 44.9 Å². The van der Waals surface area contributed by atoms with Crippen molar-refractivity contribution in [1.82, 2.24) is 10.6 Å². The van der Waals surface area contributed by atoms with Gasteiger partial charge in [0.05, 0.1) is 6.04 Å². The number of carbonyl (C=O) groups is 2. The van der Waals surface area contributed by atoms with Crippen molar-refractivity contribution in [3.63, 3.8) is 0 Å². The van der Waals surface area contributed by atoms with Gasteiger partial charge < -0.3 is 15.4 Å². The summed E-state index contributed by atoms with van der Waals surface area (Å²) >= 11 is 0. The molecule has 2 N–H and O–H groups in total. The van der Waals surface area contributed by atoms with Crippen LogP contribution in [0, 0.1) is 0 Å². The highest BCUT2D eigenvalue weighted by Crippen LogP contribution is 2.13. The largest absolute Gasteiger partial charge is 0.444 e. The Labute approximate surface area is 161 Å². The number of alkyl carbamates (subject to hydrolysis) is 1. The molecule has 0 saturated carbocycles. The summed E-state index contributed by atoms with van der Waals surface area (Å²) in [5, 5.41) is 5.68. The number of carbonyl (C=O) groups excluding carboxylic acids is 2. The van der Waals surface area contributed by atoms with Crippen molar-refractivity contribution in [3.05, 3.63) is 71.8 Å². The van der Waals surface area contributed by atoms with E-state index in [0.29, 0.717) is 6.42 Å². The van der Waals surface area contributed by atoms with E-state index >= 15 is 0 Å². The summed E-state index contributed by atoms with van der Waals surface area (Å²) in [6.45, 7) is 7.28. The molecular formula is C22H28N2O3. The minimum Gasteiger partial charge on any atom is -0.444 e. The zero-order chi connectivity index (χ0) is 19.9. The molecule has 144 valence electrons. The van der Waals surface area contributed by atoms with Crippen LogP contribution >= 0.6 is 0 Å². The molecule has 0 aromatic heterocycles. The Balaban J connectivity index is 2.10. The van der Waals surface area contributed by atoms with Crippen LogP contribution in [0.3, 0.4) is 0 Å². The highest BCUT2D eigenvalue weighted by molar-refractivity contribution is 5.86. The van der Waals surface area contributed by atoms with E-state index in [4.69, 9.17) is 4.74 Å². The van der Waals surface area contributed by atoms with Gasteiger partial charge in [-0.05, 0) is 38.8 Å². The Morgan fingerprint density at radius 1 is 0.926 bits per heavy atom. The van der Waals surface area contributed by atoms with Crippen LogP contribution < -0.4 is 10.6 Å². The number of nitrogens with one attached hydrogen (secondary N) is 2. The van der Waals surface area contributed by atoms with Gasteiger partial charge >= 0.3 is 6.09 Å². The molecule has 1 unspecified atom stereocenters. The fraction of sp³-hybridized carbons (Fsp3) is 0.364. The van der Waals surface area contributed by atoms with Crippen LogP contribution in [0.15, 0.2) is 60.7 Å². The summed E-state index contributed by atoms with van der Waals surface area (Å²) in [6.07, 6.45) is -0.223. The summed E-state index contributed by atoms with van der Waals surface area (Å²) in [5.74, 6) is -0.249. The first-order valence-corrected chi connectivity index (χ1v) is 9.13. The molecular weight excluding hydrogens is 340 g/mol. The average Bonchev–Trinajstić information content (AvgIpc) is 2.61. The lowest BCUT2D eigenvalue weighted by atomic mass is 10.0. The minimum atomic E-state index is -0.728. The molecule has 0 radical (unpaired) electrons. The van der Waals surface area contributed by atoms with Gasteiger partial charge in [-0.1, -0.05) is 60.7 Å². The quantitative estimate of drug-likeness (QED) is 0.810. The van der Waals surface area contributed by atoms with Crippen molar-refractivity contribution in [3.8, 4) is 0 Å². The zero-order valence-electron chi connectivity index (χ0n) is 16.4. The van der Waals surface area contributed by atoms with E-state index in [9.17, 15) is 9.59 Å². The van der Waals surface area contributed by atoms with Gasteiger partial charge in [0.1, 0.15) is 11.6 Å². The fourth-order valence-corrected chi connectivity index (χ4v) is 2.65. The van der Waals surface area contributed by atoms with Gasteiger partial charge in [0.15, 0.2) is 0 Å². The Kier molecular flexibility index (Phi) is 6.99. The van der Waals surface area contributed by atoms with Gasteiger partial charge in [-0.25, -0.2) is 4.79 Å². The lowest BCUT2D eigenvalue weighted by molar-refractivity contribution is -0.123. The molecule has 2 aromatic carbocycles. The van der Waals surface area contributed by atoms with Crippen molar-refractivity contribution in [2.24, 2.45) is 0 Å². The smallest absolute Gasteiger partial charge is 0.408 e. The summed E-state index contributed by atoms with van der Waals surface area (Å²) in [5.41, 5.74) is 1.33. The van der Waals surface area contributed by atoms with Crippen molar-refractivity contribution in [2.45, 2.75) is 51.8 Å². The second kappa shape index (κ2) is 9.21. The maximum atomic E-state index is 12.9. The predicted octanol–water partition coefficient (Wildman–Crippen LogP) is 4.00. The lowest BCUT2D eigenvalue weighted by Crippen LogP contribution is -2.49. The Hall–Kier alpha value is -2.82. The number of ether oxygens (including phenoxy) is 1. The summed E-state index contributed by atoms with van der Waals surface area (Å²) < 4.78 is 5.32. The third-order valence-electron chi connectivity index (χ3n) is 3.95. The second-order valence-corrected chi connectivity index (χ2v) is 7.53. The Morgan fingerprint density at radius 3 is 2.04 bits per heavy atom. The van der Waals surface area contributed by atoms with Crippen LogP contribution in [0.4, 0.5) is 4.79 Å². The van der Waals surface area contributed by atoms with Crippen molar-refractivity contribution < 1.29 is 14.3 Å². The molecule has 2 amide bonds. The van der Waals surface area contributed by atoms with Crippen molar-refractivity contribution in [2.75, 3.05) is 0 Å². The van der Waals surface area contributed by atoms with Gasteiger partial charge in [-0.15, -0.1) is 0 Å². The lowest BCUT2D eigenvalue weighted by Gasteiger charge is -2.24. The molecule has 2 aromatic rings. The first-order valence-electron chi connectivity index (χ1n) is 9.13. The van der Waals surface area contributed by atoms with Crippen LogP contribution in [-0.4, -0.2) is 23.6 Å². The maximum Gasteiger partial charge on any atom is 0.408 e. The normalized spacial score (nSPS) is 13.3. The fourth-order valence-electron chi connectivity index (χ4n) is 2.65. The van der Waals surface area contributed by atoms with Gasteiger partial charge in [-0.3, -0.25) is 4.79 Å². The highest BCUT2D eigenvalue weighted by Gasteiger charge is 2.25. The van der Waals surface area contributed by atoms with Crippen molar-refractivity contribution in [1.29, 1.82) is 0 Å². The molecule has 0 spiro atoms. The molecule has 5 nitrogen and oxygen atoms in total. The number of benzene rings is 2. The van der Waals surface area contributed by atoms with E-state index in [1.165, 1.54) is 0 Å². The van der Waals surface area contributed by atoms with E-state index in [1.807, 2.05) is 67.6 Å². The second-order valence-electron chi connectivity index (χ2n) is 7.53. The number of hydrogen-bond donors (Lipinski definition) is 2. The first kappa shape index (κ1) is 20.5. The molecule has 0 saturated heterocycles. The molecule has 0 heterocycles. The molecule has 5 heteroatoms. The number of rotatable bonds is 6. The van der Waals surface area contributed by atoms with E-state index < -0.39 is 17.7 Å². The summed E-state index contributed by atoms with van der Waals surface area (Å²) in [4.78, 5) is 25.1. The molecule has 0 bridgehead atoms. The molecule has 2 rings (SSSR count). The van der Waals surface area contributed by atoms with E-state index in [2.05, 4.69) is 10.6 Å². The minimum absolute atomic E-state index is 0.169. The Bertz CT molecular complexity index is 739. The van der Waals surface area contributed by atoms with E-state index in [0.717, 1.165) is 11.1 Å². The van der Waals surface area contributed by atoms with Crippen LogP contribution in [0.5, 0.6) is 0 Å². The summed E-state index contributed by atoms with van der Waals surface area (Å²) in [7, 11) is 0. The van der Waals surface area contributed by atoms with E-state index in [1.54, 1.807) is 20.8 Å². The molecule has 0 aliphatic heterocycles. The SMILES string of the molecule is CC(NC(=O)[C@H](Cc1ccccc1)NC(=O)OC(C)(C)C)c1ccccc1.